The number of hydrogen-bond donors (Lipinski definition) is 1. The number of unbranched alkanes of at least 4 members (excludes halogenated alkanes) is 1. The fourth-order valence-corrected chi connectivity index (χ4v) is 0.905. The Morgan fingerprint density at radius 3 is 2.44 bits per heavy atom. The molecule has 0 radical (unpaired) electrons. The predicted octanol–water partition coefficient (Wildman–Crippen LogP) is 1.98. The van der Waals surface area contributed by atoms with Gasteiger partial charge in [-0.2, -0.15) is 0 Å². The second kappa shape index (κ2) is 8.76. The number of alkyl carbamates (subject to hydrolysis) is 1. The quantitative estimate of drug-likeness (QED) is 0.429. The van der Waals surface area contributed by atoms with Crippen molar-refractivity contribution < 1.29 is 19.1 Å². The molecule has 0 atom stereocenters. The summed E-state index contributed by atoms with van der Waals surface area (Å²) in [5, 5.41) is 2.32. The molecule has 1 N–H and O–H groups in total. The van der Waals surface area contributed by atoms with E-state index in [9.17, 15) is 9.59 Å². The molecule has 92 valence electrons. The molecular formula is C11H19NO4. The van der Waals surface area contributed by atoms with Gasteiger partial charge in [0.05, 0.1) is 13.2 Å². The summed E-state index contributed by atoms with van der Waals surface area (Å²) in [4.78, 5) is 22.5. The third-order valence-corrected chi connectivity index (χ3v) is 1.75. The van der Waals surface area contributed by atoms with Crippen molar-refractivity contribution in [1.29, 1.82) is 0 Å². The highest BCUT2D eigenvalue weighted by molar-refractivity contribution is 5.92. The van der Waals surface area contributed by atoms with E-state index < -0.39 is 12.1 Å². The first kappa shape index (κ1) is 14.5. The highest BCUT2D eigenvalue weighted by atomic mass is 16.6. The van der Waals surface area contributed by atoms with Gasteiger partial charge in [-0.3, -0.25) is 5.32 Å². The fourth-order valence-electron chi connectivity index (χ4n) is 0.905. The molecule has 5 heteroatoms. The van der Waals surface area contributed by atoms with Crippen molar-refractivity contribution >= 4 is 12.1 Å². The summed E-state index contributed by atoms with van der Waals surface area (Å²) in [6.07, 6.45) is 2.58. The van der Waals surface area contributed by atoms with Crippen LogP contribution in [0.2, 0.25) is 0 Å². The van der Waals surface area contributed by atoms with Gasteiger partial charge in [0, 0.05) is 0 Å². The van der Waals surface area contributed by atoms with Crippen molar-refractivity contribution in [2.45, 2.75) is 33.6 Å². The lowest BCUT2D eigenvalue weighted by Gasteiger charge is -2.08. The van der Waals surface area contributed by atoms with Crippen LogP contribution in [0, 0.1) is 0 Å². The van der Waals surface area contributed by atoms with Crippen LogP contribution in [0.5, 0.6) is 0 Å². The summed E-state index contributed by atoms with van der Waals surface area (Å²) in [5.74, 6) is -0.538. The summed E-state index contributed by atoms with van der Waals surface area (Å²) in [6, 6.07) is 0. The molecule has 0 bridgehead atoms. The molecular weight excluding hydrogens is 210 g/mol. The lowest BCUT2D eigenvalue weighted by atomic mass is 10.3. The van der Waals surface area contributed by atoms with Gasteiger partial charge in [-0.15, -0.1) is 0 Å². The van der Waals surface area contributed by atoms with Gasteiger partial charge in [-0.05, 0) is 20.3 Å². The van der Waals surface area contributed by atoms with Crippen molar-refractivity contribution in [3.63, 3.8) is 0 Å². The van der Waals surface area contributed by atoms with E-state index in [2.05, 4.69) is 10.1 Å². The Morgan fingerprint density at radius 1 is 1.25 bits per heavy atom. The normalized spacial score (nSPS) is 10.8. The van der Waals surface area contributed by atoms with Gasteiger partial charge in [0.2, 0.25) is 0 Å². The minimum Gasteiger partial charge on any atom is -0.461 e. The lowest BCUT2D eigenvalue weighted by molar-refractivity contribution is -0.139. The Morgan fingerprint density at radius 2 is 1.94 bits per heavy atom. The monoisotopic (exact) mass is 229 g/mol. The summed E-state index contributed by atoms with van der Waals surface area (Å²) < 4.78 is 9.59. The number of amides is 1. The van der Waals surface area contributed by atoms with Crippen LogP contribution in [-0.2, 0) is 14.3 Å². The molecule has 1 amide bonds. The van der Waals surface area contributed by atoms with Gasteiger partial charge in [0.1, 0.15) is 5.70 Å². The summed E-state index contributed by atoms with van der Waals surface area (Å²) >= 11 is 0. The molecule has 0 aromatic rings. The largest absolute Gasteiger partial charge is 0.461 e. The Balaban J connectivity index is 4.08. The Kier molecular flexibility index (Phi) is 7.93. The number of ether oxygens (including phenoxy) is 2. The van der Waals surface area contributed by atoms with Gasteiger partial charge in [0.15, 0.2) is 0 Å². The molecule has 0 aliphatic rings. The summed E-state index contributed by atoms with van der Waals surface area (Å²) in [5.41, 5.74) is 0.106. The second-order valence-electron chi connectivity index (χ2n) is 3.04. The van der Waals surface area contributed by atoms with E-state index in [1.807, 2.05) is 6.92 Å². The van der Waals surface area contributed by atoms with Crippen LogP contribution in [0.1, 0.15) is 33.6 Å². The van der Waals surface area contributed by atoms with Gasteiger partial charge >= 0.3 is 12.1 Å². The molecule has 0 aliphatic carbocycles. The molecule has 0 aromatic carbocycles. The molecule has 0 saturated carbocycles. The molecule has 0 aliphatic heterocycles. The van der Waals surface area contributed by atoms with Crippen LogP contribution in [0.25, 0.3) is 0 Å². The van der Waals surface area contributed by atoms with Crippen molar-refractivity contribution in [3.8, 4) is 0 Å². The minimum atomic E-state index is -0.650. The lowest BCUT2D eigenvalue weighted by Crippen LogP contribution is -2.29. The molecule has 0 rings (SSSR count). The van der Waals surface area contributed by atoms with Crippen LogP contribution in [0.3, 0.4) is 0 Å². The van der Waals surface area contributed by atoms with Crippen LogP contribution in [0.4, 0.5) is 4.79 Å². The fraction of sp³-hybridized carbons (Fsp3) is 0.636. The van der Waals surface area contributed by atoms with Crippen molar-refractivity contribution in [3.05, 3.63) is 11.8 Å². The maximum Gasteiger partial charge on any atom is 0.411 e. The minimum absolute atomic E-state index is 0.106. The molecule has 0 unspecified atom stereocenters. The second-order valence-corrected chi connectivity index (χ2v) is 3.04. The molecule has 16 heavy (non-hydrogen) atoms. The third kappa shape index (κ3) is 6.06. The van der Waals surface area contributed by atoms with Crippen molar-refractivity contribution in [2.24, 2.45) is 0 Å². The molecule has 0 saturated heterocycles. The van der Waals surface area contributed by atoms with Gasteiger partial charge in [0.25, 0.3) is 0 Å². The smallest absolute Gasteiger partial charge is 0.411 e. The van der Waals surface area contributed by atoms with E-state index in [1.165, 1.54) is 6.08 Å². The highest BCUT2D eigenvalue weighted by Crippen LogP contribution is 1.97. The van der Waals surface area contributed by atoms with E-state index in [4.69, 9.17) is 4.74 Å². The standard InChI is InChI=1S/C11H19NO4/c1-4-7-8-16-10(13)9(5-2)12-11(14)15-6-3/h5H,4,6-8H2,1-3H3,(H,12,14)/b9-5-. The molecule has 0 aromatic heterocycles. The SMILES string of the molecule is C/C=C(\NC(=O)OCC)C(=O)OCCCC. The topological polar surface area (TPSA) is 64.6 Å². The van der Waals surface area contributed by atoms with E-state index in [0.717, 1.165) is 12.8 Å². The van der Waals surface area contributed by atoms with Crippen LogP contribution < -0.4 is 5.32 Å². The summed E-state index contributed by atoms with van der Waals surface area (Å²) in [7, 11) is 0. The Bertz CT molecular complexity index is 261. The number of rotatable bonds is 6. The number of allylic oxidation sites excluding steroid dienone is 1. The molecule has 0 spiro atoms. The first-order chi connectivity index (χ1) is 7.65. The van der Waals surface area contributed by atoms with E-state index in [-0.39, 0.29) is 12.3 Å². The summed E-state index contributed by atoms with van der Waals surface area (Å²) in [6.45, 7) is 5.95. The zero-order chi connectivity index (χ0) is 12.4. The predicted molar refractivity (Wildman–Crippen MR) is 59.8 cm³/mol. The third-order valence-electron chi connectivity index (χ3n) is 1.75. The van der Waals surface area contributed by atoms with E-state index >= 15 is 0 Å². The van der Waals surface area contributed by atoms with Crippen LogP contribution in [-0.4, -0.2) is 25.3 Å². The molecule has 0 fully saturated rings. The van der Waals surface area contributed by atoms with E-state index in [1.54, 1.807) is 13.8 Å². The van der Waals surface area contributed by atoms with Crippen molar-refractivity contribution in [2.75, 3.05) is 13.2 Å². The number of hydrogen-bond acceptors (Lipinski definition) is 4. The van der Waals surface area contributed by atoms with Crippen LogP contribution in [0.15, 0.2) is 11.8 Å². The zero-order valence-corrected chi connectivity index (χ0v) is 10.0. The number of esters is 1. The number of nitrogens with one attached hydrogen (secondary N) is 1. The average molecular weight is 229 g/mol. The van der Waals surface area contributed by atoms with Gasteiger partial charge in [-0.25, -0.2) is 9.59 Å². The number of carbonyl (C=O) groups is 2. The maximum atomic E-state index is 11.4. The number of carbonyl (C=O) groups excluding carboxylic acids is 2. The first-order valence-corrected chi connectivity index (χ1v) is 5.42. The van der Waals surface area contributed by atoms with Crippen LogP contribution >= 0.6 is 0 Å². The Hall–Kier alpha value is -1.52. The van der Waals surface area contributed by atoms with Crippen molar-refractivity contribution in [1.82, 2.24) is 5.32 Å². The zero-order valence-electron chi connectivity index (χ0n) is 10.0. The molecule has 5 nitrogen and oxygen atoms in total. The average Bonchev–Trinajstić information content (AvgIpc) is 2.26. The van der Waals surface area contributed by atoms with E-state index in [0.29, 0.717) is 6.61 Å². The first-order valence-electron chi connectivity index (χ1n) is 5.42. The van der Waals surface area contributed by atoms with Gasteiger partial charge in [-0.1, -0.05) is 19.4 Å². The molecule has 0 heterocycles. The highest BCUT2D eigenvalue weighted by Gasteiger charge is 2.13. The van der Waals surface area contributed by atoms with Gasteiger partial charge < -0.3 is 9.47 Å². The Labute approximate surface area is 95.8 Å². The maximum absolute atomic E-state index is 11.4.